The van der Waals surface area contributed by atoms with Gasteiger partial charge in [0.05, 0.1) is 19.8 Å². The smallest absolute Gasteiger partial charge is 0.417 e. The highest BCUT2D eigenvalue weighted by Gasteiger charge is 2.39. The van der Waals surface area contributed by atoms with Crippen LogP contribution in [0.4, 0.5) is 13.2 Å². The third kappa shape index (κ3) is 4.81. The van der Waals surface area contributed by atoms with E-state index in [0.717, 1.165) is 37.4 Å². The van der Waals surface area contributed by atoms with Crippen molar-refractivity contribution in [1.82, 2.24) is 0 Å². The molecule has 25 heavy (non-hydrogen) atoms. The van der Waals surface area contributed by atoms with Crippen LogP contribution >= 0.6 is 15.9 Å². The number of halogens is 4. The Morgan fingerprint density at radius 1 is 0.960 bits per heavy atom. The number of alkyl halides is 4. The average Bonchev–Trinajstić information content (AvgIpc) is 2.94. The second-order valence-electron chi connectivity index (χ2n) is 5.86. The van der Waals surface area contributed by atoms with E-state index in [-0.39, 0.29) is 5.56 Å². The zero-order valence-corrected chi connectivity index (χ0v) is 16.0. The number of allylic oxidation sites excluding steroid dienone is 4. The molecule has 1 aliphatic rings. The van der Waals surface area contributed by atoms with E-state index in [2.05, 4.69) is 15.9 Å². The van der Waals surface area contributed by atoms with E-state index in [0.29, 0.717) is 22.6 Å². The van der Waals surface area contributed by atoms with E-state index in [9.17, 15) is 13.2 Å². The predicted octanol–water partition coefficient (Wildman–Crippen LogP) is 6.39. The Labute approximate surface area is 154 Å². The van der Waals surface area contributed by atoms with E-state index in [1.54, 1.807) is 6.07 Å². The van der Waals surface area contributed by atoms with Gasteiger partial charge >= 0.3 is 6.18 Å². The van der Waals surface area contributed by atoms with Crippen molar-refractivity contribution in [3.05, 3.63) is 35.4 Å². The van der Waals surface area contributed by atoms with Crippen LogP contribution in [0.2, 0.25) is 0 Å². The van der Waals surface area contributed by atoms with Crippen molar-refractivity contribution in [3.63, 3.8) is 0 Å². The highest BCUT2D eigenvalue weighted by molar-refractivity contribution is 9.09. The predicted molar refractivity (Wildman–Crippen MR) is 98.4 cm³/mol. The van der Waals surface area contributed by atoms with Crippen LogP contribution < -0.4 is 9.47 Å². The summed E-state index contributed by atoms with van der Waals surface area (Å²) in [6.45, 7) is 0. The van der Waals surface area contributed by atoms with Gasteiger partial charge in [0, 0.05) is 5.33 Å². The van der Waals surface area contributed by atoms with Crippen LogP contribution in [0.3, 0.4) is 0 Å². The second-order valence-corrected chi connectivity index (χ2v) is 6.65. The summed E-state index contributed by atoms with van der Waals surface area (Å²) in [5.41, 5.74) is 0.666. The maximum Gasteiger partial charge on any atom is 0.417 e. The molecule has 0 amide bonds. The van der Waals surface area contributed by atoms with E-state index in [1.807, 2.05) is 6.08 Å². The molecule has 0 radical (unpaired) electrons. The average molecular weight is 419 g/mol. The summed E-state index contributed by atoms with van der Waals surface area (Å²) in [5.74, 6) is 0.730. The molecule has 0 atom stereocenters. The second kappa shape index (κ2) is 8.79. The fourth-order valence-corrected chi connectivity index (χ4v) is 3.30. The normalized spacial score (nSPS) is 15.3. The number of ether oxygens (including phenoxy) is 2. The summed E-state index contributed by atoms with van der Waals surface area (Å²) < 4.78 is 50.6. The lowest BCUT2D eigenvalue weighted by molar-refractivity contribution is -0.0687. The summed E-state index contributed by atoms with van der Waals surface area (Å²) in [7, 11) is 2.89. The fraction of sp³-hybridized carbons (Fsp3) is 0.474. The monoisotopic (exact) mass is 418 g/mol. The van der Waals surface area contributed by atoms with Gasteiger partial charge in [0.25, 0.3) is 0 Å². The van der Waals surface area contributed by atoms with Gasteiger partial charge in [-0.3, -0.25) is 0 Å². The van der Waals surface area contributed by atoms with Gasteiger partial charge in [-0.1, -0.05) is 34.8 Å². The number of fused-ring (bicyclic) bond motifs is 1. The Morgan fingerprint density at radius 2 is 1.56 bits per heavy atom. The maximum absolute atomic E-state index is 13.4. The van der Waals surface area contributed by atoms with Gasteiger partial charge in [-0.25, -0.2) is 0 Å². The van der Waals surface area contributed by atoms with Crippen LogP contribution in [-0.4, -0.2) is 25.7 Å². The zero-order valence-electron chi connectivity index (χ0n) is 14.4. The van der Waals surface area contributed by atoms with Gasteiger partial charge in [-0.05, 0) is 54.2 Å². The molecule has 1 aromatic carbocycles. The summed E-state index contributed by atoms with van der Waals surface area (Å²) in [6, 6.07) is 3.03. The molecule has 0 unspecified atom stereocenters. The molecule has 0 bridgehead atoms. The van der Waals surface area contributed by atoms with Crippen LogP contribution in [0.1, 0.15) is 43.2 Å². The molecule has 2 nitrogen and oxygen atoms in total. The lowest BCUT2D eigenvalue weighted by Crippen LogP contribution is -2.09. The van der Waals surface area contributed by atoms with E-state index in [1.165, 1.54) is 26.4 Å². The quantitative estimate of drug-likeness (QED) is 0.359. The molecule has 0 spiro atoms. The minimum absolute atomic E-state index is 0.149. The van der Waals surface area contributed by atoms with Crippen LogP contribution in [-0.2, 0) is 0 Å². The molecule has 1 aliphatic carbocycles. The zero-order chi connectivity index (χ0) is 18.4. The van der Waals surface area contributed by atoms with Crippen LogP contribution in [0.15, 0.2) is 24.3 Å². The molecular weight excluding hydrogens is 397 g/mol. The highest BCUT2D eigenvalue weighted by atomic mass is 79.9. The minimum Gasteiger partial charge on any atom is -0.493 e. The number of hydrogen-bond acceptors (Lipinski definition) is 2. The molecule has 2 rings (SSSR count). The molecule has 1 aromatic rings. The molecule has 0 N–H and O–H groups in total. The first-order valence-corrected chi connectivity index (χ1v) is 9.36. The van der Waals surface area contributed by atoms with Crippen molar-refractivity contribution in [2.75, 3.05) is 19.5 Å². The van der Waals surface area contributed by atoms with Gasteiger partial charge in [0.2, 0.25) is 0 Å². The van der Waals surface area contributed by atoms with Crippen molar-refractivity contribution >= 4 is 27.1 Å². The van der Waals surface area contributed by atoms with Crippen molar-refractivity contribution in [1.29, 1.82) is 0 Å². The molecule has 0 saturated heterocycles. The third-order valence-electron chi connectivity index (χ3n) is 4.18. The van der Waals surface area contributed by atoms with E-state index < -0.39 is 11.7 Å². The standard InChI is InChI=1S/C19H22BrF3O2/c1-24-17-11-14-13(8-6-4-3-5-7-9-20)10-16(19(21,22)23)15(14)12-18(17)25-2/h8,10-12H,3-7,9H2,1-2H3/b13-8-. The summed E-state index contributed by atoms with van der Waals surface area (Å²) in [5, 5.41) is 0.987. The maximum atomic E-state index is 13.4. The van der Waals surface area contributed by atoms with Crippen molar-refractivity contribution in [3.8, 4) is 11.5 Å². The van der Waals surface area contributed by atoms with E-state index >= 15 is 0 Å². The van der Waals surface area contributed by atoms with Crippen LogP contribution in [0, 0.1) is 0 Å². The molecule has 6 heteroatoms. The molecule has 0 heterocycles. The topological polar surface area (TPSA) is 18.5 Å². The number of methoxy groups -OCH3 is 2. The fourth-order valence-electron chi connectivity index (χ4n) is 2.91. The molecule has 138 valence electrons. The summed E-state index contributed by atoms with van der Waals surface area (Å²) >= 11 is 3.39. The minimum atomic E-state index is -4.40. The molecular formula is C19H22BrF3O2. The van der Waals surface area contributed by atoms with Gasteiger partial charge in [0.15, 0.2) is 11.5 Å². The van der Waals surface area contributed by atoms with Crippen molar-refractivity contribution in [2.24, 2.45) is 0 Å². The number of hydrogen-bond donors (Lipinski definition) is 0. The van der Waals surface area contributed by atoms with Crippen molar-refractivity contribution in [2.45, 2.75) is 38.3 Å². The molecule has 0 aliphatic heterocycles. The number of rotatable bonds is 8. The number of benzene rings is 1. The first kappa shape index (κ1) is 19.9. The Kier molecular flexibility index (Phi) is 6.99. The number of unbranched alkanes of at least 4 members (excludes halogenated alkanes) is 4. The first-order chi connectivity index (χ1) is 11.9. The SMILES string of the molecule is COc1cc2c(cc1OC)/C(=C\CCCCCCBr)C=C2C(F)(F)F. The Morgan fingerprint density at radius 3 is 2.12 bits per heavy atom. The largest absolute Gasteiger partial charge is 0.493 e. The molecule has 0 fully saturated rings. The van der Waals surface area contributed by atoms with E-state index in [4.69, 9.17) is 9.47 Å². The third-order valence-corrected chi connectivity index (χ3v) is 4.74. The molecule has 0 saturated carbocycles. The Bertz CT molecular complexity index is 663. The lowest BCUT2D eigenvalue weighted by atomic mass is 10.0. The molecule has 0 aromatic heterocycles. The summed E-state index contributed by atoms with van der Waals surface area (Å²) in [6.07, 6.45) is 3.75. The van der Waals surface area contributed by atoms with Gasteiger partial charge in [0.1, 0.15) is 0 Å². The van der Waals surface area contributed by atoms with Crippen LogP contribution in [0.25, 0.3) is 11.1 Å². The van der Waals surface area contributed by atoms with Gasteiger partial charge < -0.3 is 9.47 Å². The Balaban J connectivity index is 2.29. The lowest BCUT2D eigenvalue weighted by Gasteiger charge is -2.14. The van der Waals surface area contributed by atoms with Gasteiger partial charge in [-0.15, -0.1) is 0 Å². The van der Waals surface area contributed by atoms with Crippen LogP contribution in [0.5, 0.6) is 11.5 Å². The highest BCUT2D eigenvalue weighted by Crippen LogP contribution is 2.47. The first-order valence-electron chi connectivity index (χ1n) is 8.24. The van der Waals surface area contributed by atoms with Crippen molar-refractivity contribution < 1.29 is 22.6 Å². The summed E-state index contributed by atoms with van der Waals surface area (Å²) in [4.78, 5) is 0. The van der Waals surface area contributed by atoms with Gasteiger partial charge in [-0.2, -0.15) is 13.2 Å². The Hall–Kier alpha value is -1.43.